The first kappa shape index (κ1) is 12.5. The highest BCUT2D eigenvalue weighted by Crippen LogP contribution is 2.44. The molecule has 1 N–H and O–H groups in total. The lowest BCUT2D eigenvalue weighted by atomic mass is 10.2. The molecule has 1 fully saturated rings. The minimum Gasteiger partial charge on any atom is -0.444 e. The standard InChI is InChI=1S/C11H17NO4/c1-5-8-6-11(8,15-7-13)12-9(14)16-10(2,3)4/h5,7-8H,1,6H2,2-4H3,(H,12,14). The fourth-order valence-electron chi connectivity index (χ4n) is 1.41. The Morgan fingerprint density at radius 1 is 1.56 bits per heavy atom. The van der Waals surface area contributed by atoms with Gasteiger partial charge in [-0.15, -0.1) is 6.58 Å². The largest absolute Gasteiger partial charge is 0.444 e. The maximum absolute atomic E-state index is 11.5. The molecular weight excluding hydrogens is 210 g/mol. The number of amides is 1. The second kappa shape index (κ2) is 4.15. The Balaban J connectivity index is 2.55. The Bertz CT molecular complexity index is 308. The Morgan fingerprint density at radius 2 is 2.19 bits per heavy atom. The van der Waals surface area contributed by atoms with Crippen LogP contribution in [0.2, 0.25) is 0 Å². The first-order chi connectivity index (χ1) is 7.33. The molecule has 1 aliphatic carbocycles. The van der Waals surface area contributed by atoms with Gasteiger partial charge < -0.3 is 9.47 Å². The van der Waals surface area contributed by atoms with Crippen LogP contribution in [0, 0.1) is 5.92 Å². The third kappa shape index (κ3) is 2.98. The fraction of sp³-hybridized carbons (Fsp3) is 0.636. The maximum Gasteiger partial charge on any atom is 0.410 e. The molecule has 2 unspecified atom stereocenters. The minimum absolute atomic E-state index is 0.0507. The predicted molar refractivity (Wildman–Crippen MR) is 57.6 cm³/mol. The van der Waals surface area contributed by atoms with E-state index >= 15 is 0 Å². The van der Waals surface area contributed by atoms with Crippen LogP contribution in [0.5, 0.6) is 0 Å². The molecule has 0 saturated heterocycles. The van der Waals surface area contributed by atoms with Gasteiger partial charge in [0.1, 0.15) is 5.60 Å². The summed E-state index contributed by atoms with van der Waals surface area (Å²) in [6, 6.07) is 0. The van der Waals surface area contributed by atoms with Crippen LogP contribution in [-0.4, -0.2) is 23.9 Å². The lowest BCUT2D eigenvalue weighted by molar-refractivity contribution is -0.137. The van der Waals surface area contributed by atoms with Crippen LogP contribution in [0.1, 0.15) is 27.2 Å². The summed E-state index contributed by atoms with van der Waals surface area (Å²) in [7, 11) is 0. The third-order valence-corrected chi connectivity index (χ3v) is 2.22. The number of alkyl carbamates (subject to hydrolysis) is 1. The van der Waals surface area contributed by atoms with Crippen LogP contribution in [0.25, 0.3) is 0 Å². The summed E-state index contributed by atoms with van der Waals surface area (Å²) in [6.07, 6.45) is 1.58. The van der Waals surface area contributed by atoms with Crippen molar-refractivity contribution in [2.75, 3.05) is 0 Å². The van der Waals surface area contributed by atoms with Crippen LogP contribution < -0.4 is 5.32 Å². The van der Waals surface area contributed by atoms with E-state index in [2.05, 4.69) is 11.9 Å². The number of ether oxygens (including phenoxy) is 2. The zero-order valence-corrected chi connectivity index (χ0v) is 9.78. The van der Waals surface area contributed by atoms with Crippen LogP contribution >= 0.6 is 0 Å². The maximum atomic E-state index is 11.5. The summed E-state index contributed by atoms with van der Waals surface area (Å²) < 4.78 is 9.94. The zero-order valence-electron chi connectivity index (χ0n) is 9.78. The molecule has 0 spiro atoms. The van der Waals surface area contributed by atoms with Crippen LogP contribution in [-0.2, 0) is 14.3 Å². The van der Waals surface area contributed by atoms with Gasteiger partial charge in [-0.3, -0.25) is 10.1 Å². The number of carbonyl (C=O) groups excluding carboxylic acids is 2. The molecule has 0 heterocycles. The predicted octanol–water partition coefficient (Wildman–Crippen LogP) is 1.59. The zero-order chi connectivity index (χ0) is 12.4. The van der Waals surface area contributed by atoms with E-state index in [1.54, 1.807) is 26.8 Å². The van der Waals surface area contributed by atoms with Gasteiger partial charge in [0.15, 0.2) is 5.72 Å². The van der Waals surface area contributed by atoms with Crippen molar-refractivity contribution < 1.29 is 19.1 Å². The van der Waals surface area contributed by atoms with Crippen molar-refractivity contribution in [3.05, 3.63) is 12.7 Å². The van der Waals surface area contributed by atoms with Gasteiger partial charge in [0.05, 0.1) is 0 Å². The van der Waals surface area contributed by atoms with Crippen LogP contribution in [0.4, 0.5) is 4.79 Å². The second-order valence-corrected chi connectivity index (χ2v) is 4.78. The van der Waals surface area contributed by atoms with Crippen molar-refractivity contribution in [1.82, 2.24) is 5.32 Å². The SMILES string of the molecule is C=CC1CC1(NC(=O)OC(C)(C)C)OC=O. The quantitative estimate of drug-likeness (QED) is 0.450. The summed E-state index contributed by atoms with van der Waals surface area (Å²) in [5, 5.41) is 2.54. The van der Waals surface area contributed by atoms with E-state index in [-0.39, 0.29) is 5.92 Å². The minimum atomic E-state index is -0.953. The molecule has 1 rings (SSSR count). The molecular formula is C11H17NO4. The molecule has 0 radical (unpaired) electrons. The summed E-state index contributed by atoms with van der Waals surface area (Å²) >= 11 is 0. The number of hydrogen-bond donors (Lipinski definition) is 1. The average Bonchev–Trinajstić information content (AvgIpc) is 2.75. The highest BCUT2D eigenvalue weighted by molar-refractivity contribution is 5.69. The van der Waals surface area contributed by atoms with Crippen LogP contribution in [0.15, 0.2) is 12.7 Å². The number of rotatable bonds is 4. The number of hydrogen-bond acceptors (Lipinski definition) is 4. The van der Waals surface area contributed by atoms with E-state index in [9.17, 15) is 9.59 Å². The highest BCUT2D eigenvalue weighted by atomic mass is 16.6. The van der Waals surface area contributed by atoms with Crippen molar-refractivity contribution in [2.45, 2.75) is 38.5 Å². The van der Waals surface area contributed by atoms with Gasteiger partial charge in [-0.25, -0.2) is 4.79 Å². The van der Waals surface area contributed by atoms with E-state index in [0.29, 0.717) is 12.9 Å². The van der Waals surface area contributed by atoms with Gasteiger partial charge in [-0.05, 0) is 20.8 Å². The fourth-order valence-corrected chi connectivity index (χ4v) is 1.41. The molecule has 1 saturated carbocycles. The van der Waals surface area contributed by atoms with Crippen molar-refractivity contribution >= 4 is 12.6 Å². The molecule has 0 bridgehead atoms. The van der Waals surface area contributed by atoms with Crippen molar-refractivity contribution in [1.29, 1.82) is 0 Å². The summed E-state index contributed by atoms with van der Waals surface area (Å²) in [5.41, 5.74) is -1.53. The molecule has 0 aromatic rings. The number of carbonyl (C=O) groups is 2. The Hall–Kier alpha value is -1.52. The molecule has 16 heavy (non-hydrogen) atoms. The molecule has 0 aliphatic heterocycles. The first-order valence-electron chi connectivity index (χ1n) is 5.08. The molecule has 0 aromatic carbocycles. The van der Waals surface area contributed by atoms with E-state index in [0.717, 1.165) is 0 Å². The molecule has 5 heteroatoms. The Kier molecular flexibility index (Phi) is 3.26. The molecule has 5 nitrogen and oxygen atoms in total. The number of nitrogens with one attached hydrogen (secondary N) is 1. The Labute approximate surface area is 94.8 Å². The summed E-state index contributed by atoms with van der Waals surface area (Å²) in [6.45, 7) is 9.20. The smallest absolute Gasteiger partial charge is 0.410 e. The van der Waals surface area contributed by atoms with Crippen molar-refractivity contribution in [3.63, 3.8) is 0 Å². The lowest BCUT2D eigenvalue weighted by Crippen LogP contribution is -2.43. The lowest BCUT2D eigenvalue weighted by Gasteiger charge is -2.23. The van der Waals surface area contributed by atoms with Gasteiger partial charge in [0, 0.05) is 12.3 Å². The molecule has 0 aromatic heterocycles. The van der Waals surface area contributed by atoms with Gasteiger partial charge in [0.2, 0.25) is 0 Å². The monoisotopic (exact) mass is 227 g/mol. The highest BCUT2D eigenvalue weighted by Gasteiger charge is 2.57. The average molecular weight is 227 g/mol. The van der Waals surface area contributed by atoms with Gasteiger partial charge in [-0.2, -0.15) is 0 Å². The molecule has 2 atom stereocenters. The van der Waals surface area contributed by atoms with E-state index in [1.165, 1.54) is 0 Å². The van der Waals surface area contributed by atoms with Crippen molar-refractivity contribution in [2.24, 2.45) is 5.92 Å². The van der Waals surface area contributed by atoms with Crippen LogP contribution in [0.3, 0.4) is 0 Å². The summed E-state index contributed by atoms with van der Waals surface area (Å²) in [5.74, 6) is -0.0507. The summed E-state index contributed by atoms with van der Waals surface area (Å²) in [4.78, 5) is 21.8. The molecule has 1 aliphatic rings. The topological polar surface area (TPSA) is 64.6 Å². The van der Waals surface area contributed by atoms with Gasteiger partial charge in [-0.1, -0.05) is 6.08 Å². The van der Waals surface area contributed by atoms with Gasteiger partial charge in [0.25, 0.3) is 6.47 Å². The normalized spacial score (nSPS) is 27.8. The molecule has 90 valence electrons. The third-order valence-electron chi connectivity index (χ3n) is 2.22. The van der Waals surface area contributed by atoms with E-state index < -0.39 is 17.4 Å². The van der Waals surface area contributed by atoms with Gasteiger partial charge >= 0.3 is 6.09 Å². The first-order valence-corrected chi connectivity index (χ1v) is 5.08. The second-order valence-electron chi connectivity index (χ2n) is 4.78. The van der Waals surface area contributed by atoms with Crippen molar-refractivity contribution in [3.8, 4) is 0 Å². The van der Waals surface area contributed by atoms with E-state index in [1.807, 2.05) is 0 Å². The van der Waals surface area contributed by atoms with E-state index in [4.69, 9.17) is 9.47 Å². The molecule has 1 amide bonds. The Morgan fingerprint density at radius 3 is 2.56 bits per heavy atom.